The van der Waals surface area contributed by atoms with E-state index in [9.17, 15) is 9.46 Å². The van der Waals surface area contributed by atoms with Crippen molar-refractivity contribution in [3.8, 4) is 0 Å². The molecule has 0 spiro atoms. The van der Waals surface area contributed by atoms with Gasteiger partial charge in [0.15, 0.2) is 0 Å². The molecule has 7 heteroatoms. The third kappa shape index (κ3) is 2.52. The molecule has 1 N–H and O–H groups in total. The van der Waals surface area contributed by atoms with Crippen LogP contribution in [-0.2, 0) is 18.3 Å². The Morgan fingerprint density at radius 1 is 1.56 bits per heavy atom. The number of phosphoric ester groups is 1. The van der Waals surface area contributed by atoms with E-state index >= 15 is 0 Å². The summed E-state index contributed by atoms with van der Waals surface area (Å²) in [5.74, 6) is -0.305. The maximum Gasteiger partial charge on any atom is 0.472 e. The van der Waals surface area contributed by atoms with E-state index in [0.29, 0.717) is 13.0 Å². The summed E-state index contributed by atoms with van der Waals surface area (Å²) in [5, 5.41) is 0. The van der Waals surface area contributed by atoms with Gasteiger partial charge >= 0.3 is 7.82 Å². The monoisotopic (exact) mass is 246 g/mol. The van der Waals surface area contributed by atoms with Crippen molar-refractivity contribution in [2.75, 3.05) is 6.61 Å². The van der Waals surface area contributed by atoms with Crippen LogP contribution < -0.4 is 0 Å². The molecule has 2 rings (SSSR count). The summed E-state index contributed by atoms with van der Waals surface area (Å²) < 4.78 is 26.8. The normalized spacial score (nSPS) is 47.5. The third-order valence-corrected chi connectivity index (χ3v) is 4.02. The fourth-order valence-electron chi connectivity index (χ4n) is 2.24. The van der Waals surface area contributed by atoms with Crippen LogP contribution in [0.25, 0.3) is 0 Å². The van der Waals surface area contributed by atoms with E-state index in [-0.39, 0.29) is 23.9 Å². The molecule has 2 bridgehead atoms. The second-order valence-electron chi connectivity index (χ2n) is 4.63. The minimum Gasteiger partial charge on any atom is -0.378 e. The predicted molar refractivity (Wildman–Crippen MR) is 58.3 cm³/mol. The van der Waals surface area contributed by atoms with E-state index in [4.69, 9.17) is 21.6 Å². The van der Waals surface area contributed by atoms with Crippen LogP contribution in [0.4, 0.5) is 0 Å². The van der Waals surface area contributed by atoms with Crippen LogP contribution in [0, 0.1) is 5.92 Å². The van der Waals surface area contributed by atoms with Crippen LogP contribution in [0.2, 0.25) is 5.82 Å². The quantitative estimate of drug-likeness (QED) is 0.600. The number of ether oxygens (including phenoxy) is 1. The third-order valence-electron chi connectivity index (χ3n) is 2.97. The second kappa shape index (κ2) is 4.43. The summed E-state index contributed by atoms with van der Waals surface area (Å²) in [6.45, 7) is 4.31. The van der Waals surface area contributed by atoms with Gasteiger partial charge in [0.1, 0.15) is 0 Å². The molecule has 16 heavy (non-hydrogen) atoms. The first-order valence-electron chi connectivity index (χ1n) is 5.46. The highest BCUT2D eigenvalue weighted by atomic mass is 31.2. The van der Waals surface area contributed by atoms with Crippen LogP contribution in [0.3, 0.4) is 0 Å². The van der Waals surface area contributed by atoms with Crippen molar-refractivity contribution < 1.29 is 23.2 Å². The molecule has 1 aliphatic carbocycles. The van der Waals surface area contributed by atoms with Gasteiger partial charge in [-0.25, -0.2) is 4.57 Å². The molecule has 1 heterocycles. The van der Waals surface area contributed by atoms with Gasteiger partial charge in [-0.15, -0.1) is 0 Å². The molecule has 5 nitrogen and oxygen atoms in total. The lowest BCUT2D eigenvalue weighted by atomic mass is 9.83. The first kappa shape index (κ1) is 12.6. The minimum absolute atomic E-state index is 0.0494. The van der Waals surface area contributed by atoms with Crippen LogP contribution in [0.15, 0.2) is 0 Å². The first-order chi connectivity index (χ1) is 7.39. The molecule has 2 aliphatic rings. The largest absolute Gasteiger partial charge is 0.472 e. The van der Waals surface area contributed by atoms with Gasteiger partial charge in [0.05, 0.1) is 32.8 Å². The van der Waals surface area contributed by atoms with E-state index in [2.05, 4.69) is 0 Å². The minimum atomic E-state index is -3.89. The Bertz CT molecular complexity index is 310. The topological polar surface area (TPSA) is 65.0 Å². The number of hydrogen-bond donors (Lipinski definition) is 1. The molecule has 2 fully saturated rings. The van der Waals surface area contributed by atoms with Gasteiger partial charge in [-0.1, -0.05) is 0 Å². The SMILES string of the molecule is [B][C@H]1CC2OP(=O)(O)OC1[C@@H]2COC(C)C. The number of rotatable bonds is 3. The van der Waals surface area contributed by atoms with Gasteiger partial charge in [0.2, 0.25) is 0 Å². The number of fused-ring (bicyclic) bond motifs is 2. The van der Waals surface area contributed by atoms with Gasteiger partial charge in [-0.05, 0) is 26.1 Å². The summed E-state index contributed by atoms with van der Waals surface area (Å²) in [7, 11) is 1.95. The molecule has 1 aliphatic heterocycles. The molecule has 1 saturated carbocycles. The average molecular weight is 246 g/mol. The van der Waals surface area contributed by atoms with Crippen LogP contribution in [0.1, 0.15) is 20.3 Å². The fraction of sp³-hybridized carbons (Fsp3) is 1.00. The lowest BCUT2D eigenvalue weighted by Gasteiger charge is -2.33. The van der Waals surface area contributed by atoms with Crippen LogP contribution in [0.5, 0.6) is 0 Å². The molecule has 1 saturated heterocycles. The van der Waals surface area contributed by atoms with Crippen molar-refractivity contribution in [3.63, 3.8) is 0 Å². The summed E-state index contributed by atoms with van der Waals surface area (Å²) >= 11 is 0. The van der Waals surface area contributed by atoms with Crippen molar-refractivity contribution in [3.05, 3.63) is 0 Å². The summed E-state index contributed by atoms with van der Waals surface area (Å²) in [4.78, 5) is 9.28. The maximum atomic E-state index is 11.3. The van der Waals surface area contributed by atoms with Crippen molar-refractivity contribution in [1.82, 2.24) is 0 Å². The Balaban J connectivity index is 2.03. The first-order valence-corrected chi connectivity index (χ1v) is 6.95. The van der Waals surface area contributed by atoms with E-state index in [1.165, 1.54) is 0 Å². The van der Waals surface area contributed by atoms with Gasteiger partial charge in [0, 0.05) is 5.92 Å². The molecule has 3 unspecified atom stereocenters. The van der Waals surface area contributed by atoms with Crippen molar-refractivity contribution in [1.29, 1.82) is 0 Å². The van der Waals surface area contributed by atoms with Crippen molar-refractivity contribution >= 4 is 15.7 Å². The average Bonchev–Trinajstić information content (AvgIpc) is 2.31. The standard InChI is InChI=1S/C9H16BO5P/c1-5(2)13-4-6-8-3-7(10)9(6)15-16(11,12)14-8/h5-9H,3-4H2,1-2H3,(H,11,12)/t6-,7+,8?,9?/m1/s1. The number of hydrogen-bond acceptors (Lipinski definition) is 4. The van der Waals surface area contributed by atoms with Crippen LogP contribution >= 0.6 is 7.82 Å². The van der Waals surface area contributed by atoms with Gasteiger partial charge in [-0.3, -0.25) is 9.05 Å². The molecule has 5 atom stereocenters. The van der Waals surface area contributed by atoms with E-state index in [0.717, 1.165) is 0 Å². The Kier molecular flexibility index (Phi) is 3.48. The van der Waals surface area contributed by atoms with Gasteiger partial charge in [0.25, 0.3) is 0 Å². The van der Waals surface area contributed by atoms with Crippen molar-refractivity contribution in [2.45, 2.75) is 44.4 Å². The molecule has 0 aromatic rings. The molecule has 2 radical (unpaired) electrons. The summed E-state index contributed by atoms with van der Waals surface area (Å²) in [5.41, 5.74) is 0. The predicted octanol–water partition coefficient (Wildman–Crippen LogP) is 1.27. The highest BCUT2D eigenvalue weighted by Crippen LogP contribution is 2.59. The maximum absolute atomic E-state index is 11.3. The van der Waals surface area contributed by atoms with E-state index < -0.39 is 13.9 Å². The molecular formula is C9H16BO5P. The smallest absolute Gasteiger partial charge is 0.378 e. The zero-order valence-corrected chi connectivity index (χ0v) is 10.3. The highest BCUT2D eigenvalue weighted by Gasteiger charge is 2.52. The lowest BCUT2D eigenvalue weighted by molar-refractivity contribution is -0.0546. The number of phosphoric acid groups is 1. The van der Waals surface area contributed by atoms with E-state index in [1.807, 2.05) is 13.8 Å². The zero-order valence-electron chi connectivity index (χ0n) is 9.41. The lowest BCUT2D eigenvalue weighted by Crippen LogP contribution is -2.36. The molecular weight excluding hydrogens is 230 g/mol. The fourth-order valence-corrected chi connectivity index (χ4v) is 3.49. The van der Waals surface area contributed by atoms with Crippen LogP contribution in [-0.4, -0.2) is 37.7 Å². The molecule has 0 aromatic heterocycles. The summed E-state index contributed by atoms with van der Waals surface area (Å²) in [6, 6.07) is 0. The molecule has 0 aromatic carbocycles. The van der Waals surface area contributed by atoms with Gasteiger partial charge in [-0.2, -0.15) is 0 Å². The Labute approximate surface area is 96.5 Å². The Hall–Kier alpha value is 0.135. The molecule has 0 amide bonds. The second-order valence-corrected chi connectivity index (χ2v) is 5.99. The Morgan fingerprint density at radius 2 is 2.25 bits per heavy atom. The molecule has 90 valence electrons. The zero-order chi connectivity index (χ0) is 11.9. The van der Waals surface area contributed by atoms with Gasteiger partial charge < -0.3 is 9.63 Å². The van der Waals surface area contributed by atoms with E-state index in [1.54, 1.807) is 0 Å². The van der Waals surface area contributed by atoms with Crippen molar-refractivity contribution in [2.24, 2.45) is 5.92 Å². The highest BCUT2D eigenvalue weighted by molar-refractivity contribution is 7.47. The Morgan fingerprint density at radius 3 is 2.81 bits per heavy atom. The summed E-state index contributed by atoms with van der Waals surface area (Å²) in [6.07, 6.45) is -0.114.